The molecule has 1 aliphatic rings. The number of alkyl halides is 5. The minimum absolute atomic E-state index is 0. The molecule has 11 heteroatoms. The number of nitrogen functional groups attached to an aromatic ring is 1. The van der Waals surface area contributed by atoms with Gasteiger partial charge in [0, 0.05) is 25.7 Å². The van der Waals surface area contributed by atoms with Gasteiger partial charge in [-0.2, -0.15) is 13.2 Å². The highest BCUT2D eigenvalue weighted by atomic mass is 35.5. The molecule has 2 heterocycles. The molecule has 2 rings (SSSR count). The summed E-state index contributed by atoms with van der Waals surface area (Å²) in [6.07, 6.45) is -4.24. The third kappa shape index (κ3) is 5.22. The molecule has 23 heavy (non-hydrogen) atoms. The largest absolute Gasteiger partial charge is 0.406 e. The van der Waals surface area contributed by atoms with Gasteiger partial charge in [-0.15, -0.1) is 24.8 Å². The van der Waals surface area contributed by atoms with E-state index in [1.807, 2.05) is 0 Å². The first kappa shape index (κ1) is 21.9. The van der Waals surface area contributed by atoms with Crippen LogP contribution in [0.25, 0.3) is 0 Å². The summed E-state index contributed by atoms with van der Waals surface area (Å²) in [7, 11) is 0. The van der Waals surface area contributed by atoms with Crippen LogP contribution in [0.3, 0.4) is 0 Å². The number of aromatic nitrogens is 1. The molecule has 134 valence electrons. The summed E-state index contributed by atoms with van der Waals surface area (Å²) < 4.78 is 65.3. The van der Waals surface area contributed by atoms with Gasteiger partial charge in [0.25, 0.3) is 11.5 Å². The van der Waals surface area contributed by atoms with Crippen LogP contribution in [0.1, 0.15) is 17.9 Å². The minimum Gasteiger partial charge on any atom is -0.394 e. The molecular formula is C12H16Cl2F5N3O. The van der Waals surface area contributed by atoms with Crippen molar-refractivity contribution in [2.45, 2.75) is 31.0 Å². The second kappa shape index (κ2) is 7.67. The molecule has 0 bridgehead atoms. The zero-order valence-electron chi connectivity index (χ0n) is 11.7. The molecule has 1 unspecified atom stereocenters. The van der Waals surface area contributed by atoms with Gasteiger partial charge in [-0.05, 0) is 11.6 Å². The first-order chi connectivity index (χ1) is 9.60. The van der Waals surface area contributed by atoms with E-state index >= 15 is 0 Å². The van der Waals surface area contributed by atoms with E-state index in [2.05, 4.69) is 5.32 Å². The number of nitrogens with one attached hydrogen (secondary N) is 1. The number of nitrogens with zero attached hydrogens (tertiary/aromatic N) is 1. The van der Waals surface area contributed by atoms with Crippen LogP contribution in [0, 0.1) is 0 Å². The molecule has 3 N–H and O–H groups in total. The van der Waals surface area contributed by atoms with Crippen molar-refractivity contribution in [1.29, 1.82) is 0 Å². The Morgan fingerprint density at radius 1 is 1.35 bits per heavy atom. The Labute approximate surface area is 141 Å². The van der Waals surface area contributed by atoms with Crippen LogP contribution in [0.5, 0.6) is 0 Å². The lowest BCUT2D eigenvalue weighted by Crippen LogP contribution is -2.43. The Bertz CT molecular complexity index is 591. The summed E-state index contributed by atoms with van der Waals surface area (Å²) in [5.41, 5.74) is 3.78. The highest BCUT2D eigenvalue weighted by Gasteiger charge is 2.43. The number of pyridine rings is 1. The Morgan fingerprint density at radius 3 is 2.48 bits per heavy atom. The van der Waals surface area contributed by atoms with Crippen LogP contribution in [0.2, 0.25) is 0 Å². The molecule has 0 aliphatic carbocycles. The lowest BCUT2D eigenvalue weighted by atomic mass is 9.88. The fraction of sp³-hybridized carbons (Fsp3) is 0.583. The lowest BCUT2D eigenvalue weighted by Gasteiger charge is -2.32. The van der Waals surface area contributed by atoms with Crippen molar-refractivity contribution in [3.63, 3.8) is 0 Å². The Hall–Kier alpha value is -1.06. The first-order valence-corrected chi connectivity index (χ1v) is 6.25. The lowest BCUT2D eigenvalue weighted by molar-refractivity contribution is -0.141. The molecule has 1 aliphatic heterocycles. The van der Waals surface area contributed by atoms with Crippen LogP contribution in [-0.2, 0) is 6.54 Å². The van der Waals surface area contributed by atoms with Gasteiger partial charge in [0.1, 0.15) is 6.54 Å². The van der Waals surface area contributed by atoms with Gasteiger partial charge >= 0.3 is 6.18 Å². The summed E-state index contributed by atoms with van der Waals surface area (Å²) in [4.78, 5) is 11.6. The number of halogens is 7. The molecule has 1 saturated heterocycles. The third-order valence-electron chi connectivity index (χ3n) is 3.38. The van der Waals surface area contributed by atoms with Gasteiger partial charge in [0.2, 0.25) is 0 Å². The van der Waals surface area contributed by atoms with Crippen LogP contribution in [0.15, 0.2) is 17.1 Å². The van der Waals surface area contributed by atoms with E-state index in [1.165, 1.54) is 0 Å². The van der Waals surface area contributed by atoms with Gasteiger partial charge in [-0.1, -0.05) is 0 Å². The molecular weight excluding hydrogens is 368 g/mol. The maximum Gasteiger partial charge on any atom is 0.406 e. The quantitative estimate of drug-likeness (QED) is 0.771. The monoisotopic (exact) mass is 383 g/mol. The number of nitrogens with two attached hydrogens (primary N) is 1. The summed E-state index contributed by atoms with van der Waals surface area (Å²) in [5, 5.41) is 2.76. The Balaban J connectivity index is 0.00000242. The second-order valence-corrected chi connectivity index (χ2v) is 5.04. The van der Waals surface area contributed by atoms with E-state index in [4.69, 9.17) is 5.73 Å². The molecule has 1 fully saturated rings. The van der Waals surface area contributed by atoms with Gasteiger partial charge in [-0.3, -0.25) is 4.79 Å². The standard InChI is InChI=1S/C12H14F5N3O.2ClH/c13-11(14)1-2-19-4-8(11)7-3-9(18)10(21)20(5-7)6-12(15,16)17;;/h3,5,8,19H,1-2,4,6,18H2;2*1H. The number of anilines is 1. The highest BCUT2D eigenvalue weighted by molar-refractivity contribution is 5.85. The molecule has 0 saturated carbocycles. The normalized spacial score (nSPS) is 20.3. The van der Waals surface area contributed by atoms with Crippen molar-refractivity contribution in [3.8, 4) is 0 Å². The van der Waals surface area contributed by atoms with Crippen LogP contribution in [0.4, 0.5) is 27.6 Å². The second-order valence-electron chi connectivity index (χ2n) is 5.04. The number of rotatable bonds is 2. The van der Waals surface area contributed by atoms with Crippen molar-refractivity contribution >= 4 is 30.5 Å². The summed E-state index contributed by atoms with van der Waals surface area (Å²) in [6.45, 7) is -1.52. The van der Waals surface area contributed by atoms with E-state index < -0.39 is 42.2 Å². The SMILES string of the molecule is Cl.Cl.Nc1cc(C2CNCCC2(F)F)cn(CC(F)(F)F)c1=O. The van der Waals surface area contributed by atoms with Crippen LogP contribution < -0.4 is 16.6 Å². The minimum atomic E-state index is -4.64. The fourth-order valence-electron chi connectivity index (χ4n) is 2.37. The predicted molar refractivity (Wildman–Crippen MR) is 80.8 cm³/mol. The van der Waals surface area contributed by atoms with Crippen molar-refractivity contribution in [1.82, 2.24) is 9.88 Å². The van der Waals surface area contributed by atoms with Crippen molar-refractivity contribution in [2.75, 3.05) is 18.8 Å². The van der Waals surface area contributed by atoms with Crippen LogP contribution >= 0.6 is 24.8 Å². The highest BCUT2D eigenvalue weighted by Crippen LogP contribution is 2.38. The molecule has 0 amide bonds. The molecule has 1 atom stereocenters. The van der Waals surface area contributed by atoms with Gasteiger partial charge < -0.3 is 15.6 Å². The van der Waals surface area contributed by atoms with Crippen molar-refractivity contribution < 1.29 is 22.0 Å². The average Bonchev–Trinajstić information content (AvgIpc) is 2.32. The van der Waals surface area contributed by atoms with E-state index in [0.29, 0.717) is 4.57 Å². The van der Waals surface area contributed by atoms with E-state index in [-0.39, 0.29) is 43.5 Å². The zero-order valence-corrected chi connectivity index (χ0v) is 13.3. The summed E-state index contributed by atoms with van der Waals surface area (Å²) >= 11 is 0. The zero-order chi connectivity index (χ0) is 15.8. The molecule has 0 radical (unpaired) electrons. The average molecular weight is 384 g/mol. The fourth-order valence-corrected chi connectivity index (χ4v) is 2.37. The van der Waals surface area contributed by atoms with Crippen molar-refractivity contribution in [2.24, 2.45) is 0 Å². The van der Waals surface area contributed by atoms with Gasteiger partial charge in [0.15, 0.2) is 0 Å². The molecule has 0 aromatic carbocycles. The Morgan fingerprint density at radius 2 is 1.96 bits per heavy atom. The van der Waals surface area contributed by atoms with E-state index in [9.17, 15) is 26.7 Å². The van der Waals surface area contributed by atoms with Crippen molar-refractivity contribution in [3.05, 3.63) is 28.2 Å². The molecule has 4 nitrogen and oxygen atoms in total. The van der Waals surface area contributed by atoms with Gasteiger partial charge in [0.05, 0.1) is 11.6 Å². The Kier molecular flexibility index (Phi) is 7.32. The van der Waals surface area contributed by atoms with E-state index in [1.54, 1.807) is 0 Å². The topological polar surface area (TPSA) is 60.0 Å². The number of piperidine rings is 1. The first-order valence-electron chi connectivity index (χ1n) is 6.25. The van der Waals surface area contributed by atoms with Gasteiger partial charge in [-0.25, -0.2) is 8.78 Å². The summed E-state index contributed by atoms with van der Waals surface area (Å²) in [6, 6.07) is 1.03. The number of hydrogen-bond acceptors (Lipinski definition) is 3. The molecule has 1 aromatic rings. The maximum absolute atomic E-state index is 13.9. The smallest absolute Gasteiger partial charge is 0.394 e. The third-order valence-corrected chi connectivity index (χ3v) is 3.38. The molecule has 0 spiro atoms. The summed E-state index contributed by atoms with van der Waals surface area (Å²) in [5.74, 6) is -4.37. The maximum atomic E-state index is 13.9. The molecule has 1 aromatic heterocycles. The van der Waals surface area contributed by atoms with Crippen LogP contribution in [-0.4, -0.2) is 29.8 Å². The number of hydrogen-bond donors (Lipinski definition) is 2. The predicted octanol–water partition coefficient (Wildman–Crippen LogP) is 2.55. The van der Waals surface area contributed by atoms with E-state index in [0.717, 1.165) is 12.3 Å².